The minimum absolute atomic E-state index is 0.00660. The van der Waals surface area contributed by atoms with E-state index in [2.05, 4.69) is 30.9 Å². The summed E-state index contributed by atoms with van der Waals surface area (Å²) in [6, 6.07) is 11.2. The average molecular weight is 560 g/mol. The van der Waals surface area contributed by atoms with E-state index in [1.165, 1.54) is 4.68 Å². The minimum atomic E-state index is -0.822. The van der Waals surface area contributed by atoms with Crippen LogP contribution in [0.2, 0.25) is 0 Å². The summed E-state index contributed by atoms with van der Waals surface area (Å²) in [5.74, 6) is 0.932. The molecular weight excluding hydrogens is 526 g/mol. The SMILES string of the molecule is CCOC(=O)O[C@H](C)n1nnnc1-c1c(-c2ccc(C(=O)N(c3ncccc3C)[C@@H]3CCCNC3)cc2)cnn1C. The Hall–Kier alpha value is -4.65. The van der Waals surface area contributed by atoms with E-state index in [1.807, 2.05) is 48.2 Å². The van der Waals surface area contributed by atoms with Crippen LogP contribution in [0.5, 0.6) is 0 Å². The van der Waals surface area contributed by atoms with Crippen molar-refractivity contribution >= 4 is 17.9 Å². The first-order valence-electron chi connectivity index (χ1n) is 13.6. The maximum absolute atomic E-state index is 13.9. The number of nitrogens with zero attached hydrogens (tertiary/aromatic N) is 8. The number of aryl methyl sites for hydroxylation is 2. The zero-order valence-electron chi connectivity index (χ0n) is 23.5. The van der Waals surface area contributed by atoms with Crippen LogP contribution in [0.4, 0.5) is 10.6 Å². The molecule has 0 saturated carbocycles. The van der Waals surface area contributed by atoms with Crippen molar-refractivity contribution in [2.24, 2.45) is 7.05 Å². The maximum Gasteiger partial charge on any atom is 0.510 e. The normalized spacial score (nSPS) is 15.8. The molecule has 1 aromatic carbocycles. The molecule has 1 N–H and O–H groups in total. The topological polar surface area (TPSA) is 142 Å². The lowest BCUT2D eigenvalue weighted by atomic mass is 10.0. The quantitative estimate of drug-likeness (QED) is 0.319. The lowest BCUT2D eigenvalue weighted by Crippen LogP contribution is -2.49. The number of ether oxygens (including phenoxy) is 2. The van der Waals surface area contributed by atoms with Crippen LogP contribution < -0.4 is 10.2 Å². The number of rotatable bonds is 8. The van der Waals surface area contributed by atoms with E-state index in [0.717, 1.165) is 36.1 Å². The maximum atomic E-state index is 13.9. The number of tetrazole rings is 1. The molecule has 5 rings (SSSR count). The third-order valence-electron chi connectivity index (χ3n) is 7.02. The molecule has 0 spiro atoms. The van der Waals surface area contributed by atoms with Gasteiger partial charge >= 0.3 is 6.16 Å². The fraction of sp³-hybridized carbons (Fsp3) is 0.393. The van der Waals surface area contributed by atoms with Gasteiger partial charge in [-0.2, -0.15) is 9.78 Å². The van der Waals surface area contributed by atoms with Gasteiger partial charge in [0.1, 0.15) is 11.5 Å². The van der Waals surface area contributed by atoms with Gasteiger partial charge in [-0.1, -0.05) is 18.2 Å². The molecule has 4 aromatic rings. The summed E-state index contributed by atoms with van der Waals surface area (Å²) in [7, 11) is 1.78. The third-order valence-corrected chi connectivity index (χ3v) is 7.02. The van der Waals surface area contributed by atoms with E-state index in [9.17, 15) is 9.59 Å². The Bertz CT molecular complexity index is 1510. The monoisotopic (exact) mass is 559 g/mol. The van der Waals surface area contributed by atoms with Gasteiger partial charge in [0, 0.05) is 30.9 Å². The predicted molar refractivity (Wildman–Crippen MR) is 150 cm³/mol. The summed E-state index contributed by atoms with van der Waals surface area (Å²) in [6.07, 6.45) is 3.69. The van der Waals surface area contributed by atoms with Crippen molar-refractivity contribution in [1.29, 1.82) is 0 Å². The van der Waals surface area contributed by atoms with Gasteiger partial charge in [0.15, 0.2) is 6.23 Å². The molecule has 41 heavy (non-hydrogen) atoms. The van der Waals surface area contributed by atoms with E-state index in [-0.39, 0.29) is 18.6 Å². The molecule has 13 nitrogen and oxygen atoms in total. The summed E-state index contributed by atoms with van der Waals surface area (Å²) in [5.41, 5.74) is 3.68. The number of benzene rings is 1. The van der Waals surface area contributed by atoms with E-state index in [4.69, 9.17) is 9.47 Å². The highest BCUT2D eigenvalue weighted by Gasteiger charge is 2.30. The summed E-state index contributed by atoms with van der Waals surface area (Å²) < 4.78 is 13.2. The Labute approximate surface area is 237 Å². The number of carbonyl (C=O) groups is 2. The first kappa shape index (κ1) is 27.9. The van der Waals surface area contributed by atoms with E-state index < -0.39 is 12.4 Å². The lowest BCUT2D eigenvalue weighted by molar-refractivity contribution is 0.00140. The first-order chi connectivity index (χ1) is 19.9. The number of anilines is 1. The molecule has 13 heteroatoms. The Morgan fingerprint density at radius 3 is 2.73 bits per heavy atom. The molecule has 0 bridgehead atoms. The molecule has 2 atom stereocenters. The van der Waals surface area contributed by atoms with E-state index >= 15 is 0 Å². The fourth-order valence-electron chi connectivity index (χ4n) is 5.00. The first-order valence-corrected chi connectivity index (χ1v) is 13.6. The largest absolute Gasteiger partial charge is 0.510 e. The third kappa shape index (κ3) is 5.80. The highest BCUT2D eigenvalue weighted by molar-refractivity contribution is 6.06. The molecule has 0 aliphatic carbocycles. The molecule has 3 aromatic heterocycles. The van der Waals surface area contributed by atoms with E-state index in [1.54, 1.807) is 38.0 Å². The number of carbonyl (C=O) groups excluding carboxylic acids is 2. The summed E-state index contributed by atoms with van der Waals surface area (Å²) in [5, 5.41) is 19.8. The number of hydrogen-bond donors (Lipinski definition) is 1. The Morgan fingerprint density at radius 2 is 2.02 bits per heavy atom. The van der Waals surface area contributed by atoms with Gasteiger partial charge in [0.2, 0.25) is 5.82 Å². The molecule has 0 unspecified atom stereocenters. The van der Waals surface area contributed by atoms with Crippen molar-refractivity contribution in [3.05, 3.63) is 59.9 Å². The van der Waals surface area contributed by atoms with Crippen molar-refractivity contribution in [3.8, 4) is 22.6 Å². The van der Waals surface area contributed by atoms with Gasteiger partial charge in [-0.25, -0.2) is 9.78 Å². The lowest BCUT2D eigenvalue weighted by Gasteiger charge is -2.34. The van der Waals surface area contributed by atoms with Gasteiger partial charge < -0.3 is 14.8 Å². The number of pyridine rings is 1. The van der Waals surface area contributed by atoms with Crippen molar-refractivity contribution in [2.45, 2.75) is 45.9 Å². The minimum Gasteiger partial charge on any atom is -0.435 e. The van der Waals surface area contributed by atoms with Gasteiger partial charge in [-0.05, 0) is 79.9 Å². The van der Waals surface area contributed by atoms with Crippen LogP contribution >= 0.6 is 0 Å². The van der Waals surface area contributed by atoms with Gasteiger partial charge in [0.25, 0.3) is 5.91 Å². The van der Waals surface area contributed by atoms with Crippen LogP contribution in [0.15, 0.2) is 48.8 Å². The van der Waals surface area contributed by atoms with Crippen LogP contribution in [0.25, 0.3) is 22.6 Å². The number of piperidine rings is 1. The molecule has 214 valence electrons. The van der Waals surface area contributed by atoms with Crippen molar-refractivity contribution in [1.82, 2.24) is 40.3 Å². The van der Waals surface area contributed by atoms with Crippen molar-refractivity contribution in [3.63, 3.8) is 0 Å². The number of aromatic nitrogens is 7. The summed E-state index contributed by atoms with van der Waals surface area (Å²) in [4.78, 5) is 32.2. The van der Waals surface area contributed by atoms with Crippen molar-refractivity contribution < 1.29 is 19.1 Å². The molecule has 1 aliphatic rings. The zero-order valence-corrected chi connectivity index (χ0v) is 23.5. The second kappa shape index (κ2) is 12.3. The molecule has 1 fully saturated rings. The Kier molecular flexibility index (Phi) is 8.34. The standard InChI is InChI=1S/C28H33N9O4/c1-5-40-28(39)41-19(3)37-26(32-33-34-37)24-23(17-31-35(24)4)20-10-12-21(13-11-20)27(38)36(22-9-7-14-29-16-22)25-18(2)8-6-15-30-25/h6,8,10-13,15,17,19,22,29H,5,7,9,14,16H2,1-4H3/t19-,22-/m1/s1. The molecule has 1 amide bonds. The molecule has 0 radical (unpaired) electrons. The predicted octanol–water partition coefficient (Wildman–Crippen LogP) is 3.53. The molecule has 4 heterocycles. The number of amides is 1. The fourth-order valence-corrected chi connectivity index (χ4v) is 5.00. The smallest absolute Gasteiger partial charge is 0.435 e. The van der Waals surface area contributed by atoms with Crippen LogP contribution in [-0.4, -0.2) is 72.8 Å². The van der Waals surface area contributed by atoms with Crippen LogP contribution in [0, 0.1) is 6.92 Å². The highest BCUT2D eigenvalue weighted by atomic mass is 16.7. The molecule has 1 saturated heterocycles. The van der Waals surface area contributed by atoms with E-state index in [0.29, 0.717) is 29.4 Å². The van der Waals surface area contributed by atoms with Gasteiger partial charge in [-0.3, -0.25) is 14.4 Å². The average Bonchev–Trinajstić information content (AvgIpc) is 3.61. The van der Waals surface area contributed by atoms with Crippen LogP contribution in [0.1, 0.15) is 48.8 Å². The Balaban J connectivity index is 1.44. The molecule has 1 aliphatic heterocycles. The highest BCUT2D eigenvalue weighted by Crippen LogP contribution is 2.32. The van der Waals surface area contributed by atoms with Gasteiger partial charge in [0.05, 0.1) is 18.8 Å². The Morgan fingerprint density at radius 1 is 1.22 bits per heavy atom. The molecular formula is C28H33N9O4. The van der Waals surface area contributed by atoms with Crippen molar-refractivity contribution in [2.75, 3.05) is 24.6 Å². The second-order valence-corrected chi connectivity index (χ2v) is 9.77. The number of hydrogen-bond acceptors (Lipinski definition) is 10. The van der Waals surface area contributed by atoms with Crippen LogP contribution in [-0.2, 0) is 16.5 Å². The van der Waals surface area contributed by atoms with Gasteiger partial charge in [-0.15, -0.1) is 5.10 Å². The number of nitrogens with one attached hydrogen (secondary N) is 1. The second-order valence-electron chi connectivity index (χ2n) is 9.77. The summed E-state index contributed by atoms with van der Waals surface area (Å²) in [6.45, 7) is 7.15. The van der Waals surface area contributed by atoms with Crippen LogP contribution in [0.3, 0.4) is 0 Å². The summed E-state index contributed by atoms with van der Waals surface area (Å²) >= 11 is 0. The zero-order chi connectivity index (χ0) is 28.9.